The van der Waals surface area contributed by atoms with Crippen LogP contribution in [0.25, 0.3) is 11.0 Å². The van der Waals surface area contributed by atoms with Crippen LogP contribution in [0.2, 0.25) is 5.02 Å². The van der Waals surface area contributed by atoms with Gasteiger partial charge in [-0.25, -0.2) is 4.98 Å². The van der Waals surface area contributed by atoms with E-state index in [2.05, 4.69) is 29.8 Å². The molecule has 0 N–H and O–H groups in total. The van der Waals surface area contributed by atoms with E-state index < -0.39 is 0 Å². The van der Waals surface area contributed by atoms with Crippen LogP contribution < -0.4 is 15.2 Å². The van der Waals surface area contributed by atoms with Crippen molar-refractivity contribution in [3.05, 3.63) is 63.5 Å². The minimum Gasteiger partial charge on any atom is -0.490 e. The van der Waals surface area contributed by atoms with Gasteiger partial charge in [0.15, 0.2) is 0 Å². The van der Waals surface area contributed by atoms with Crippen LogP contribution in [-0.4, -0.2) is 28.2 Å². The molecule has 0 saturated carbocycles. The summed E-state index contributed by atoms with van der Waals surface area (Å²) in [6, 6.07) is 14.7. The molecule has 2 aromatic heterocycles. The van der Waals surface area contributed by atoms with Crippen molar-refractivity contribution in [2.45, 2.75) is 32.4 Å². The van der Waals surface area contributed by atoms with Crippen LogP contribution in [0.3, 0.4) is 0 Å². The lowest BCUT2D eigenvalue weighted by molar-refractivity contribution is 0.107. The highest BCUT2D eigenvalue weighted by Gasteiger charge is 2.34. The highest BCUT2D eigenvalue weighted by Crippen LogP contribution is 2.33. The first-order valence-electron chi connectivity index (χ1n) is 9.97. The van der Waals surface area contributed by atoms with Crippen molar-refractivity contribution in [1.29, 1.82) is 5.26 Å². The zero-order chi connectivity index (χ0) is 21.4. The van der Waals surface area contributed by atoms with Crippen molar-refractivity contribution in [1.82, 2.24) is 9.55 Å². The van der Waals surface area contributed by atoms with Crippen LogP contribution >= 0.6 is 11.6 Å². The van der Waals surface area contributed by atoms with Gasteiger partial charge in [0, 0.05) is 43.1 Å². The number of fused-ring (bicyclic) bond motifs is 1. The smallest absolute Gasteiger partial charge is 0.252 e. The van der Waals surface area contributed by atoms with Gasteiger partial charge < -0.3 is 14.2 Å². The summed E-state index contributed by atoms with van der Waals surface area (Å²) in [4.78, 5) is 19.3. The first-order valence-corrected chi connectivity index (χ1v) is 10.3. The normalized spacial score (nSPS) is 21.4. The van der Waals surface area contributed by atoms with Crippen LogP contribution in [0.1, 0.15) is 26.0 Å². The third-order valence-electron chi connectivity index (χ3n) is 5.80. The molecule has 3 atom stereocenters. The Balaban J connectivity index is 1.67. The molecule has 30 heavy (non-hydrogen) atoms. The number of aryl methyl sites for hydroxylation is 1. The number of halogens is 1. The van der Waals surface area contributed by atoms with E-state index in [-0.39, 0.29) is 23.6 Å². The van der Waals surface area contributed by atoms with Gasteiger partial charge in [0.1, 0.15) is 29.1 Å². The lowest BCUT2D eigenvalue weighted by Crippen LogP contribution is -2.50. The van der Waals surface area contributed by atoms with E-state index in [4.69, 9.17) is 16.3 Å². The molecule has 1 saturated heterocycles. The Bertz CT molecular complexity index is 1200. The third-order valence-corrected chi connectivity index (χ3v) is 6.04. The molecule has 0 unspecified atom stereocenters. The van der Waals surface area contributed by atoms with Crippen LogP contribution in [0.5, 0.6) is 5.75 Å². The summed E-state index contributed by atoms with van der Waals surface area (Å²) in [5.41, 5.74) is 2.40. The Kier molecular flexibility index (Phi) is 5.40. The quantitative estimate of drug-likeness (QED) is 0.634. The second-order valence-electron chi connectivity index (χ2n) is 7.93. The molecule has 0 radical (unpaired) electrons. The molecular formula is C23H23ClN4O2. The number of hydrogen-bond donors (Lipinski definition) is 0. The average Bonchev–Trinajstić information content (AvgIpc) is 2.73. The molecule has 154 valence electrons. The molecule has 6 nitrogen and oxygen atoms in total. The standard InChI is InChI=1S/C23H23ClN4O2/c1-14-13-28(15(2)9-21(14)30-18-6-4-5-16(24)10-18)20-11-22(29)27(3)19-8-7-17(12-25)26-23(19)20/h4-8,10-11,14-15,21H,9,13H2,1-3H3/t14-,15-,21+/m0/s1. The van der Waals surface area contributed by atoms with Gasteiger partial charge in [0.2, 0.25) is 0 Å². The van der Waals surface area contributed by atoms with Crippen molar-refractivity contribution >= 4 is 28.3 Å². The summed E-state index contributed by atoms with van der Waals surface area (Å²) in [5, 5.41) is 9.94. The summed E-state index contributed by atoms with van der Waals surface area (Å²) in [6.45, 7) is 4.98. The van der Waals surface area contributed by atoms with Gasteiger partial charge in [-0.2, -0.15) is 5.26 Å². The molecule has 1 fully saturated rings. The molecule has 1 aliphatic heterocycles. The van der Waals surface area contributed by atoms with Crippen molar-refractivity contribution in [3.8, 4) is 11.8 Å². The molecule has 1 aromatic carbocycles. The van der Waals surface area contributed by atoms with Crippen LogP contribution in [0.15, 0.2) is 47.3 Å². The number of ether oxygens (including phenoxy) is 1. The zero-order valence-corrected chi connectivity index (χ0v) is 17.9. The van der Waals surface area contributed by atoms with Gasteiger partial charge in [0.25, 0.3) is 5.56 Å². The maximum atomic E-state index is 12.6. The van der Waals surface area contributed by atoms with Crippen LogP contribution in [-0.2, 0) is 7.05 Å². The van der Waals surface area contributed by atoms with Gasteiger partial charge in [-0.1, -0.05) is 24.6 Å². The number of anilines is 1. The van der Waals surface area contributed by atoms with Crippen molar-refractivity contribution in [2.75, 3.05) is 11.4 Å². The SMILES string of the molecule is C[C@H]1CN(c2cc(=O)n(C)c3ccc(C#N)nc23)[C@@H](C)C[C@H]1Oc1cccc(Cl)c1. The summed E-state index contributed by atoms with van der Waals surface area (Å²) in [5.74, 6) is 0.984. The van der Waals surface area contributed by atoms with E-state index in [0.29, 0.717) is 28.3 Å². The molecule has 0 aliphatic carbocycles. The first kappa shape index (κ1) is 20.2. The minimum atomic E-state index is -0.0961. The lowest BCUT2D eigenvalue weighted by atomic mass is 9.91. The highest BCUT2D eigenvalue weighted by molar-refractivity contribution is 6.30. The molecule has 1 aliphatic rings. The molecule has 0 amide bonds. The second-order valence-corrected chi connectivity index (χ2v) is 8.37. The molecule has 7 heteroatoms. The fourth-order valence-electron chi connectivity index (χ4n) is 4.11. The van der Waals surface area contributed by atoms with Gasteiger partial charge in [-0.05, 0) is 37.3 Å². The van der Waals surface area contributed by atoms with Crippen LogP contribution in [0.4, 0.5) is 5.69 Å². The maximum absolute atomic E-state index is 12.6. The second kappa shape index (κ2) is 8.00. The first-order chi connectivity index (χ1) is 14.4. The van der Waals surface area contributed by atoms with E-state index >= 15 is 0 Å². The number of piperidine rings is 1. The Morgan fingerprint density at radius 1 is 1.23 bits per heavy atom. The largest absolute Gasteiger partial charge is 0.490 e. The Morgan fingerprint density at radius 3 is 2.77 bits per heavy atom. The summed E-state index contributed by atoms with van der Waals surface area (Å²) < 4.78 is 7.80. The monoisotopic (exact) mass is 422 g/mol. The fourth-order valence-corrected chi connectivity index (χ4v) is 4.29. The predicted octanol–water partition coefficient (Wildman–Crippen LogP) is 4.14. The fraction of sp³-hybridized carbons (Fsp3) is 0.348. The zero-order valence-electron chi connectivity index (χ0n) is 17.2. The van der Waals surface area contributed by atoms with Gasteiger partial charge in [-0.3, -0.25) is 4.79 Å². The molecule has 4 rings (SSSR count). The summed E-state index contributed by atoms with van der Waals surface area (Å²) in [6.07, 6.45) is 0.831. The number of nitriles is 1. The van der Waals surface area contributed by atoms with E-state index in [1.165, 1.54) is 0 Å². The van der Waals surface area contributed by atoms with Crippen LogP contribution in [0, 0.1) is 17.2 Å². The predicted molar refractivity (Wildman–Crippen MR) is 118 cm³/mol. The van der Waals surface area contributed by atoms with Crippen molar-refractivity contribution in [3.63, 3.8) is 0 Å². The Labute approximate surface area is 180 Å². The molecule has 0 bridgehead atoms. The summed E-state index contributed by atoms with van der Waals surface area (Å²) >= 11 is 6.09. The number of benzene rings is 1. The lowest BCUT2D eigenvalue weighted by Gasteiger charge is -2.43. The van der Waals surface area contributed by atoms with E-state index in [9.17, 15) is 10.1 Å². The topological polar surface area (TPSA) is 71.2 Å². The third kappa shape index (κ3) is 3.73. The molecular weight excluding hydrogens is 400 g/mol. The minimum absolute atomic E-state index is 0.0372. The van der Waals surface area contributed by atoms with E-state index in [1.54, 1.807) is 29.8 Å². The average molecular weight is 423 g/mol. The molecule has 0 spiro atoms. The number of pyridine rings is 2. The highest BCUT2D eigenvalue weighted by atomic mass is 35.5. The van der Waals surface area contributed by atoms with Crippen molar-refractivity contribution in [2.24, 2.45) is 13.0 Å². The Hall–Kier alpha value is -3.04. The van der Waals surface area contributed by atoms with Gasteiger partial charge in [0.05, 0.1) is 11.2 Å². The number of hydrogen-bond acceptors (Lipinski definition) is 5. The van der Waals surface area contributed by atoms with E-state index in [0.717, 1.165) is 17.9 Å². The van der Waals surface area contributed by atoms with Gasteiger partial charge >= 0.3 is 0 Å². The number of aromatic nitrogens is 2. The number of nitrogens with zero attached hydrogens (tertiary/aromatic N) is 4. The maximum Gasteiger partial charge on any atom is 0.252 e. The summed E-state index contributed by atoms with van der Waals surface area (Å²) in [7, 11) is 1.72. The van der Waals surface area contributed by atoms with E-state index in [1.807, 2.05) is 24.3 Å². The molecule has 3 heterocycles. The van der Waals surface area contributed by atoms with Gasteiger partial charge in [-0.15, -0.1) is 0 Å². The van der Waals surface area contributed by atoms with Crippen molar-refractivity contribution < 1.29 is 4.74 Å². The number of rotatable bonds is 3. The molecule has 3 aromatic rings. The Morgan fingerprint density at radius 2 is 2.03 bits per heavy atom.